The quantitative estimate of drug-likeness (QED) is 0.680. The number of nitrogens with one attached hydrogen (secondary N) is 2. The lowest BCUT2D eigenvalue weighted by Crippen LogP contribution is -2.43. The number of ether oxygens (including phenoxy) is 2. The summed E-state index contributed by atoms with van der Waals surface area (Å²) in [6.07, 6.45) is 0. The van der Waals surface area contributed by atoms with Crippen molar-refractivity contribution in [2.45, 2.75) is 25.9 Å². The van der Waals surface area contributed by atoms with Crippen LogP contribution in [0.1, 0.15) is 23.6 Å². The van der Waals surface area contributed by atoms with E-state index < -0.39 is 23.4 Å². The van der Waals surface area contributed by atoms with E-state index in [9.17, 15) is 14.4 Å². The van der Waals surface area contributed by atoms with Crippen LogP contribution in [0.4, 0.5) is 4.79 Å². The summed E-state index contributed by atoms with van der Waals surface area (Å²) in [5.41, 5.74) is 1.27. The lowest BCUT2D eigenvalue weighted by atomic mass is 9.91. The van der Waals surface area contributed by atoms with E-state index in [1.165, 1.54) is 14.2 Å². The number of aryl methyl sites for hydroxylation is 1. The van der Waals surface area contributed by atoms with Gasteiger partial charge in [-0.1, -0.05) is 35.9 Å². The molecule has 1 heterocycles. The fourth-order valence-electron chi connectivity index (χ4n) is 3.29. The minimum absolute atomic E-state index is 0.315. The number of hydrogen-bond donors (Lipinski definition) is 2. The number of rotatable bonds is 7. The minimum Gasteiger partial charge on any atom is -0.493 e. The highest BCUT2D eigenvalue weighted by Gasteiger charge is 2.49. The molecule has 158 valence electrons. The van der Waals surface area contributed by atoms with Crippen LogP contribution in [0, 0.1) is 6.92 Å². The Labute approximate surface area is 175 Å². The number of nitrogens with zero attached hydrogens (tertiary/aromatic N) is 1. The Balaban J connectivity index is 1.70. The van der Waals surface area contributed by atoms with Crippen LogP contribution in [0.2, 0.25) is 0 Å². The first-order chi connectivity index (χ1) is 14.3. The Bertz CT molecular complexity index is 973. The van der Waals surface area contributed by atoms with E-state index in [2.05, 4.69) is 10.6 Å². The lowest BCUT2D eigenvalue weighted by Gasteiger charge is -2.23. The molecule has 3 rings (SSSR count). The summed E-state index contributed by atoms with van der Waals surface area (Å²) in [6, 6.07) is 12.1. The largest absolute Gasteiger partial charge is 0.493 e. The molecule has 2 aromatic rings. The van der Waals surface area contributed by atoms with E-state index in [1.807, 2.05) is 31.2 Å². The predicted molar refractivity (Wildman–Crippen MR) is 110 cm³/mol. The molecule has 0 saturated carbocycles. The smallest absolute Gasteiger partial charge is 0.325 e. The molecule has 30 heavy (non-hydrogen) atoms. The van der Waals surface area contributed by atoms with Crippen LogP contribution in [-0.2, 0) is 21.7 Å². The zero-order chi connectivity index (χ0) is 21.9. The number of hydrogen-bond acceptors (Lipinski definition) is 5. The fraction of sp³-hybridized carbons (Fsp3) is 0.318. The summed E-state index contributed by atoms with van der Waals surface area (Å²) in [7, 11) is 3.00. The van der Waals surface area contributed by atoms with Crippen molar-refractivity contribution in [2.24, 2.45) is 0 Å². The molecular weight excluding hydrogens is 386 g/mol. The molecule has 1 fully saturated rings. The molecule has 1 atom stereocenters. The Morgan fingerprint density at radius 1 is 1.07 bits per heavy atom. The number of methoxy groups -OCH3 is 2. The maximum atomic E-state index is 13.0. The van der Waals surface area contributed by atoms with Crippen molar-refractivity contribution < 1.29 is 23.9 Å². The zero-order valence-corrected chi connectivity index (χ0v) is 17.4. The average Bonchev–Trinajstić information content (AvgIpc) is 2.96. The van der Waals surface area contributed by atoms with Crippen molar-refractivity contribution >= 4 is 17.8 Å². The summed E-state index contributed by atoms with van der Waals surface area (Å²) in [4.78, 5) is 38.7. The molecule has 1 aliphatic rings. The summed E-state index contributed by atoms with van der Waals surface area (Å²) < 4.78 is 10.5. The number of amides is 4. The van der Waals surface area contributed by atoms with Crippen LogP contribution in [0.3, 0.4) is 0 Å². The SMILES string of the molecule is COc1ccc([C@]2(C)NC(=O)N(CC(=O)NCc3ccc(C)cc3)C2=O)cc1OC. The van der Waals surface area contributed by atoms with Gasteiger partial charge in [-0.15, -0.1) is 0 Å². The molecule has 0 bridgehead atoms. The standard InChI is InChI=1S/C22H25N3O5/c1-14-5-7-15(8-6-14)12-23-19(26)13-25-20(27)22(2,24-21(25)28)16-9-10-17(29-3)18(11-16)30-4/h5-11H,12-13H2,1-4H3,(H,23,26)(H,24,28)/t22-/m0/s1. The highest BCUT2D eigenvalue weighted by molar-refractivity contribution is 6.09. The number of benzene rings is 2. The van der Waals surface area contributed by atoms with Gasteiger partial charge in [0, 0.05) is 6.54 Å². The van der Waals surface area contributed by atoms with Crippen molar-refractivity contribution in [1.29, 1.82) is 0 Å². The third kappa shape index (κ3) is 4.07. The van der Waals surface area contributed by atoms with E-state index in [-0.39, 0.29) is 6.54 Å². The van der Waals surface area contributed by atoms with Crippen LogP contribution in [0.25, 0.3) is 0 Å². The first-order valence-corrected chi connectivity index (χ1v) is 9.47. The van der Waals surface area contributed by atoms with Crippen molar-refractivity contribution in [3.05, 3.63) is 59.2 Å². The lowest BCUT2D eigenvalue weighted by molar-refractivity contribution is -0.134. The minimum atomic E-state index is -1.31. The van der Waals surface area contributed by atoms with E-state index in [1.54, 1.807) is 25.1 Å². The Hall–Kier alpha value is -3.55. The van der Waals surface area contributed by atoms with E-state index in [0.29, 0.717) is 23.6 Å². The van der Waals surface area contributed by atoms with Crippen molar-refractivity contribution in [3.63, 3.8) is 0 Å². The highest BCUT2D eigenvalue weighted by atomic mass is 16.5. The Morgan fingerprint density at radius 2 is 1.73 bits per heavy atom. The first-order valence-electron chi connectivity index (χ1n) is 9.47. The number of carbonyl (C=O) groups excluding carboxylic acids is 3. The molecule has 0 spiro atoms. The topological polar surface area (TPSA) is 97.0 Å². The molecular formula is C22H25N3O5. The summed E-state index contributed by atoms with van der Waals surface area (Å²) in [5, 5.41) is 5.42. The maximum Gasteiger partial charge on any atom is 0.325 e. The molecule has 8 nitrogen and oxygen atoms in total. The molecule has 0 unspecified atom stereocenters. The van der Waals surface area contributed by atoms with E-state index in [4.69, 9.17) is 9.47 Å². The summed E-state index contributed by atoms with van der Waals surface area (Å²) in [6.45, 7) is 3.53. The van der Waals surface area contributed by atoms with Gasteiger partial charge in [0.25, 0.3) is 5.91 Å². The molecule has 0 aliphatic carbocycles. The van der Waals surface area contributed by atoms with Gasteiger partial charge >= 0.3 is 6.03 Å². The fourth-order valence-corrected chi connectivity index (χ4v) is 3.29. The highest BCUT2D eigenvalue weighted by Crippen LogP contribution is 2.35. The molecule has 1 aliphatic heterocycles. The van der Waals surface area contributed by atoms with Gasteiger partial charge in [-0.2, -0.15) is 0 Å². The number of imide groups is 1. The maximum absolute atomic E-state index is 13.0. The Morgan fingerprint density at radius 3 is 2.37 bits per heavy atom. The third-order valence-corrected chi connectivity index (χ3v) is 5.15. The van der Waals surface area contributed by atoms with Crippen molar-refractivity contribution in [1.82, 2.24) is 15.5 Å². The normalized spacial score (nSPS) is 18.2. The second kappa shape index (κ2) is 8.44. The van der Waals surface area contributed by atoms with Crippen LogP contribution in [0.5, 0.6) is 11.5 Å². The number of urea groups is 1. The van der Waals surface area contributed by atoms with Gasteiger partial charge in [-0.05, 0) is 37.1 Å². The molecule has 8 heteroatoms. The van der Waals surface area contributed by atoms with Gasteiger partial charge in [0.2, 0.25) is 5.91 Å². The van der Waals surface area contributed by atoms with Crippen molar-refractivity contribution in [2.75, 3.05) is 20.8 Å². The molecule has 4 amide bonds. The molecule has 2 N–H and O–H groups in total. The van der Waals surface area contributed by atoms with Crippen LogP contribution in [-0.4, -0.2) is 43.5 Å². The van der Waals surface area contributed by atoms with E-state index >= 15 is 0 Å². The molecule has 0 aromatic heterocycles. The second-order valence-electron chi connectivity index (χ2n) is 7.28. The van der Waals surface area contributed by atoms with Gasteiger partial charge in [0.1, 0.15) is 12.1 Å². The predicted octanol–water partition coefficient (Wildman–Crippen LogP) is 2.10. The second-order valence-corrected chi connectivity index (χ2v) is 7.28. The summed E-state index contributed by atoms with van der Waals surface area (Å²) >= 11 is 0. The molecule has 1 saturated heterocycles. The average molecular weight is 411 g/mol. The van der Waals surface area contributed by atoms with Crippen LogP contribution in [0.15, 0.2) is 42.5 Å². The van der Waals surface area contributed by atoms with Crippen LogP contribution >= 0.6 is 0 Å². The molecule has 0 radical (unpaired) electrons. The van der Waals surface area contributed by atoms with Gasteiger partial charge in [-0.25, -0.2) is 4.79 Å². The summed E-state index contributed by atoms with van der Waals surface area (Å²) in [5.74, 6) is 0.0161. The number of carbonyl (C=O) groups is 3. The Kier molecular flexibility index (Phi) is 5.96. The first kappa shape index (κ1) is 21.2. The third-order valence-electron chi connectivity index (χ3n) is 5.15. The van der Waals surface area contributed by atoms with Gasteiger partial charge < -0.3 is 20.1 Å². The van der Waals surface area contributed by atoms with Crippen molar-refractivity contribution in [3.8, 4) is 11.5 Å². The zero-order valence-electron chi connectivity index (χ0n) is 17.4. The van der Waals surface area contributed by atoms with E-state index in [0.717, 1.165) is 16.0 Å². The van der Waals surface area contributed by atoms with Gasteiger partial charge in [0.05, 0.1) is 14.2 Å². The molecule has 2 aromatic carbocycles. The van der Waals surface area contributed by atoms with Gasteiger partial charge in [0.15, 0.2) is 11.5 Å². The monoisotopic (exact) mass is 411 g/mol. The van der Waals surface area contributed by atoms with Gasteiger partial charge in [-0.3, -0.25) is 14.5 Å². The van der Waals surface area contributed by atoms with Crippen LogP contribution < -0.4 is 20.1 Å².